The molecule has 1 aliphatic carbocycles. The van der Waals surface area contributed by atoms with E-state index in [1.54, 1.807) is 0 Å². The van der Waals surface area contributed by atoms with Crippen LogP contribution in [0.4, 0.5) is 5.69 Å². The van der Waals surface area contributed by atoms with E-state index in [-0.39, 0.29) is 30.3 Å². The first-order chi connectivity index (χ1) is 8.08. The van der Waals surface area contributed by atoms with Gasteiger partial charge in [0.25, 0.3) is 0 Å². The first kappa shape index (κ1) is 15.0. The molecule has 0 radical (unpaired) electrons. The summed E-state index contributed by atoms with van der Waals surface area (Å²) in [6.07, 6.45) is 3.52. The summed E-state index contributed by atoms with van der Waals surface area (Å²) < 4.78 is 0. The van der Waals surface area contributed by atoms with Crippen LogP contribution < -0.4 is 11.1 Å². The molecule has 3 N–H and O–H groups in total. The van der Waals surface area contributed by atoms with Crippen LogP contribution in [0.5, 0.6) is 0 Å². The molecular formula is C14H21ClN2O. The molecule has 100 valence electrons. The Bertz CT molecular complexity index is 432. The zero-order valence-corrected chi connectivity index (χ0v) is 11.7. The lowest BCUT2D eigenvalue weighted by Crippen LogP contribution is -2.34. The zero-order valence-electron chi connectivity index (χ0n) is 10.9. The molecule has 2 unspecified atom stereocenters. The number of carbonyl (C=O) groups excluding carboxylic acids is 1. The van der Waals surface area contributed by atoms with Crippen LogP contribution in [-0.4, -0.2) is 11.9 Å². The van der Waals surface area contributed by atoms with Gasteiger partial charge in [-0.15, -0.1) is 12.4 Å². The maximum atomic E-state index is 11.9. The lowest BCUT2D eigenvalue weighted by Gasteiger charge is -2.15. The number of halogens is 1. The van der Waals surface area contributed by atoms with Gasteiger partial charge in [-0.1, -0.05) is 13.0 Å². The highest BCUT2D eigenvalue weighted by atomic mass is 35.5. The monoisotopic (exact) mass is 268 g/mol. The van der Waals surface area contributed by atoms with E-state index in [9.17, 15) is 4.79 Å². The smallest absolute Gasteiger partial charge is 0.228 e. The number of rotatable bonds is 3. The summed E-state index contributed by atoms with van der Waals surface area (Å²) in [7, 11) is 0. The van der Waals surface area contributed by atoms with Crippen LogP contribution in [0.3, 0.4) is 0 Å². The third-order valence-corrected chi connectivity index (χ3v) is 3.57. The molecule has 1 aromatic carbocycles. The van der Waals surface area contributed by atoms with Crippen molar-refractivity contribution in [1.29, 1.82) is 0 Å². The molecule has 4 heteroatoms. The van der Waals surface area contributed by atoms with E-state index in [0.29, 0.717) is 0 Å². The Balaban J connectivity index is 0.00000162. The average molecular weight is 269 g/mol. The summed E-state index contributed by atoms with van der Waals surface area (Å²) in [6, 6.07) is 6.07. The van der Waals surface area contributed by atoms with Gasteiger partial charge in [-0.2, -0.15) is 0 Å². The molecule has 0 aromatic heterocycles. The van der Waals surface area contributed by atoms with Crippen molar-refractivity contribution in [3.8, 4) is 0 Å². The molecule has 0 saturated heterocycles. The van der Waals surface area contributed by atoms with Gasteiger partial charge in [0, 0.05) is 11.7 Å². The second-order valence-electron chi connectivity index (χ2n) is 4.97. The number of hydrogen-bond donors (Lipinski definition) is 2. The Labute approximate surface area is 115 Å². The number of carbonyl (C=O) groups is 1. The fourth-order valence-electron chi connectivity index (χ4n) is 2.14. The van der Waals surface area contributed by atoms with Crippen LogP contribution in [-0.2, 0) is 17.6 Å². The van der Waals surface area contributed by atoms with E-state index in [1.807, 2.05) is 19.9 Å². The first-order valence-corrected chi connectivity index (χ1v) is 6.26. The van der Waals surface area contributed by atoms with Crippen molar-refractivity contribution in [2.75, 3.05) is 5.32 Å². The molecular weight excluding hydrogens is 248 g/mol. The number of anilines is 1. The molecule has 0 saturated carbocycles. The molecule has 3 nitrogen and oxygen atoms in total. The summed E-state index contributed by atoms with van der Waals surface area (Å²) >= 11 is 0. The van der Waals surface area contributed by atoms with Crippen molar-refractivity contribution < 1.29 is 4.79 Å². The van der Waals surface area contributed by atoms with Gasteiger partial charge in [0.1, 0.15) is 0 Å². The predicted octanol–water partition coefficient (Wildman–Crippen LogP) is 2.52. The van der Waals surface area contributed by atoms with Crippen LogP contribution in [0.2, 0.25) is 0 Å². The minimum atomic E-state index is -0.164. The maximum absolute atomic E-state index is 11.9. The standard InChI is InChI=1S/C14H20N2O.ClH/c1-9(10(2)15)14(17)16-13-7-6-11-4-3-5-12(11)8-13;/h6-10H,3-5,15H2,1-2H3,(H,16,17);1H. The van der Waals surface area contributed by atoms with E-state index in [1.165, 1.54) is 24.0 Å². The van der Waals surface area contributed by atoms with Crippen molar-refractivity contribution in [3.05, 3.63) is 29.3 Å². The lowest BCUT2D eigenvalue weighted by molar-refractivity contribution is -0.119. The number of fused-ring (bicyclic) bond motifs is 1. The van der Waals surface area contributed by atoms with Crippen molar-refractivity contribution in [3.63, 3.8) is 0 Å². The summed E-state index contributed by atoms with van der Waals surface area (Å²) in [6.45, 7) is 3.71. The molecule has 1 aromatic rings. The SMILES string of the molecule is CC(N)C(C)C(=O)Nc1ccc2c(c1)CCC2.Cl. The summed E-state index contributed by atoms with van der Waals surface area (Å²) in [4.78, 5) is 11.9. The minimum absolute atomic E-state index is 0. The highest BCUT2D eigenvalue weighted by Crippen LogP contribution is 2.25. The van der Waals surface area contributed by atoms with Gasteiger partial charge in [-0.3, -0.25) is 4.79 Å². The second kappa shape index (κ2) is 6.21. The van der Waals surface area contributed by atoms with Gasteiger partial charge < -0.3 is 11.1 Å². The number of benzene rings is 1. The molecule has 0 bridgehead atoms. The molecule has 1 aliphatic rings. The topological polar surface area (TPSA) is 55.1 Å². The normalized spacial score (nSPS) is 16.4. The summed E-state index contributed by atoms with van der Waals surface area (Å²) in [5, 5.41) is 2.93. The third kappa shape index (κ3) is 3.24. The fourth-order valence-corrected chi connectivity index (χ4v) is 2.14. The Morgan fingerprint density at radius 3 is 2.61 bits per heavy atom. The maximum Gasteiger partial charge on any atom is 0.228 e. The zero-order chi connectivity index (χ0) is 12.4. The van der Waals surface area contributed by atoms with E-state index in [0.717, 1.165) is 12.1 Å². The number of nitrogens with one attached hydrogen (secondary N) is 1. The highest BCUT2D eigenvalue weighted by Gasteiger charge is 2.18. The lowest BCUT2D eigenvalue weighted by atomic mass is 10.0. The van der Waals surface area contributed by atoms with Gasteiger partial charge in [-0.05, 0) is 49.4 Å². The third-order valence-electron chi connectivity index (χ3n) is 3.57. The number of nitrogens with two attached hydrogens (primary N) is 1. The Morgan fingerprint density at radius 2 is 1.94 bits per heavy atom. The van der Waals surface area contributed by atoms with E-state index in [4.69, 9.17) is 5.73 Å². The van der Waals surface area contributed by atoms with Gasteiger partial charge >= 0.3 is 0 Å². The second-order valence-corrected chi connectivity index (χ2v) is 4.97. The Hall–Kier alpha value is -1.06. The minimum Gasteiger partial charge on any atom is -0.327 e. The Morgan fingerprint density at radius 1 is 1.28 bits per heavy atom. The van der Waals surface area contributed by atoms with Gasteiger partial charge in [0.15, 0.2) is 0 Å². The fraction of sp³-hybridized carbons (Fsp3) is 0.500. The van der Waals surface area contributed by atoms with E-state index in [2.05, 4.69) is 17.4 Å². The summed E-state index contributed by atoms with van der Waals surface area (Å²) in [5.74, 6) is -0.166. The quantitative estimate of drug-likeness (QED) is 0.885. The number of hydrogen-bond acceptors (Lipinski definition) is 2. The largest absolute Gasteiger partial charge is 0.327 e. The van der Waals surface area contributed by atoms with Crippen LogP contribution >= 0.6 is 12.4 Å². The molecule has 0 spiro atoms. The van der Waals surface area contributed by atoms with Gasteiger partial charge in [0.2, 0.25) is 5.91 Å². The van der Waals surface area contributed by atoms with Gasteiger partial charge in [0.05, 0.1) is 5.92 Å². The summed E-state index contributed by atoms with van der Waals surface area (Å²) in [5.41, 5.74) is 9.40. The molecule has 2 atom stereocenters. The Kier molecular flexibility index (Phi) is 5.17. The molecule has 0 heterocycles. The number of amides is 1. The highest BCUT2D eigenvalue weighted by molar-refractivity contribution is 5.92. The van der Waals surface area contributed by atoms with Gasteiger partial charge in [-0.25, -0.2) is 0 Å². The molecule has 1 amide bonds. The van der Waals surface area contributed by atoms with Crippen molar-refractivity contribution in [2.24, 2.45) is 11.7 Å². The van der Waals surface area contributed by atoms with Crippen LogP contribution in [0.15, 0.2) is 18.2 Å². The predicted molar refractivity (Wildman–Crippen MR) is 77.2 cm³/mol. The number of aryl methyl sites for hydroxylation is 2. The average Bonchev–Trinajstić information content (AvgIpc) is 2.74. The molecule has 2 rings (SSSR count). The van der Waals surface area contributed by atoms with Crippen LogP contribution in [0, 0.1) is 5.92 Å². The van der Waals surface area contributed by atoms with Crippen molar-refractivity contribution in [1.82, 2.24) is 0 Å². The first-order valence-electron chi connectivity index (χ1n) is 6.26. The van der Waals surface area contributed by atoms with Crippen molar-refractivity contribution in [2.45, 2.75) is 39.2 Å². The van der Waals surface area contributed by atoms with Crippen LogP contribution in [0.25, 0.3) is 0 Å². The van der Waals surface area contributed by atoms with Crippen molar-refractivity contribution >= 4 is 24.0 Å². The molecule has 0 fully saturated rings. The molecule has 18 heavy (non-hydrogen) atoms. The molecule has 0 aliphatic heterocycles. The van der Waals surface area contributed by atoms with E-state index < -0.39 is 0 Å². The van der Waals surface area contributed by atoms with E-state index >= 15 is 0 Å². The van der Waals surface area contributed by atoms with Crippen LogP contribution in [0.1, 0.15) is 31.4 Å².